The maximum atomic E-state index is 12.4. The van der Waals surface area contributed by atoms with Crippen LogP contribution in [0, 0.1) is 6.92 Å². The number of halogens is 1. The highest BCUT2D eigenvalue weighted by molar-refractivity contribution is 7.11. The zero-order valence-electron chi connectivity index (χ0n) is 12.8. The van der Waals surface area contributed by atoms with Crippen molar-refractivity contribution in [2.45, 2.75) is 13.5 Å². The number of nitrogens with one attached hydrogen (secondary N) is 1. The number of aromatic nitrogens is 1. The van der Waals surface area contributed by atoms with Gasteiger partial charge in [0.15, 0.2) is 0 Å². The Bertz CT molecular complexity index is 698. The molecule has 1 N–H and O–H groups in total. The third-order valence-electron chi connectivity index (χ3n) is 3.61. The standard InChI is InChI=1S/C16H18ClN3O2S/c1-11-2-3-13(23-11)10-19-15-14(17)8-12(9-18-15)16(21)20-4-6-22-7-5-20/h2-3,8-9H,4-7,10H2,1H3,(H,18,19). The fourth-order valence-electron chi connectivity index (χ4n) is 2.38. The summed E-state index contributed by atoms with van der Waals surface area (Å²) in [5, 5.41) is 3.67. The van der Waals surface area contributed by atoms with E-state index in [9.17, 15) is 4.79 Å². The van der Waals surface area contributed by atoms with Crippen molar-refractivity contribution in [3.63, 3.8) is 0 Å². The van der Waals surface area contributed by atoms with Crippen molar-refractivity contribution in [1.82, 2.24) is 9.88 Å². The molecule has 0 atom stereocenters. The number of nitrogens with zero attached hydrogens (tertiary/aromatic N) is 2. The maximum absolute atomic E-state index is 12.4. The molecule has 122 valence electrons. The lowest BCUT2D eigenvalue weighted by Crippen LogP contribution is -2.40. The van der Waals surface area contributed by atoms with E-state index in [-0.39, 0.29) is 5.91 Å². The van der Waals surface area contributed by atoms with Crippen molar-refractivity contribution in [2.24, 2.45) is 0 Å². The number of aryl methyl sites for hydroxylation is 1. The average Bonchev–Trinajstić information content (AvgIpc) is 2.99. The minimum Gasteiger partial charge on any atom is -0.378 e. The van der Waals surface area contributed by atoms with E-state index in [2.05, 4.69) is 29.4 Å². The summed E-state index contributed by atoms with van der Waals surface area (Å²) in [6, 6.07) is 5.84. The second-order valence-corrected chi connectivity index (χ2v) is 7.10. The molecule has 0 spiro atoms. The summed E-state index contributed by atoms with van der Waals surface area (Å²) in [5.41, 5.74) is 0.509. The summed E-state index contributed by atoms with van der Waals surface area (Å²) >= 11 is 8.00. The van der Waals surface area contributed by atoms with Crippen molar-refractivity contribution < 1.29 is 9.53 Å². The Labute approximate surface area is 144 Å². The Balaban J connectivity index is 1.66. The highest BCUT2D eigenvalue weighted by Gasteiger charge is 2.19. The molecule has 1 fully saturated rings. The second kappa shape index (κ2) is 7.29. The molecule has 3 heterocycles. The largest absolute Gasteiger partial charge is 0.378 e. The summed E-state index contributed by atoms with van der Waals surface area (Å²) in [7, 11) is 0. The van der Waals surface area contributed by atoms with Gasteiger partial charge in [0.2, 0.25) is 0 Å². The molecule has 2 aromatic heterocycles. The van der Waals surface area contributed by atoms with Crippen molar-refractivity contribution in [3.8, 4) is 0 Å². The number of amides is 1. The molecule has 0 saturated carbocycles. The van der Waals surface area contributed by atoms with Crippen LogP contribution in [0.1, 0.15) is 20.1 Å². The number of rotatable bonds is 4. The van der Waals surface area contributed by atoms with E-state index >= 15 is 0 Å². The van der Waals surface area contributed by atoms with Gasteiger partial charge < -0.3 is 15.0 Å². The summed E-state index contributed by atoms with van der Waals surface area (Å²) in [6.07, 6.45) is 1.58. The number of pyridine rings is 1. The fraction of sp³-hybridized carbons (Fsp3) is 0.375. The van der Waals surface area contributed by atoms with Gasteiger partial charge in [-0.15, -0.1) is 11.3 Å². The van der Waals surface area contributed by atoms with Crippen LogP contribution in [0.2, 0.25) is 5.02 Å². The molecule has 1 aliphatic rings. The van der Waals surface area contributed by atoms with Crippen LogP contribution in [0.5, 0.6) is 0 Å². The average molecular weight is 352 g/mol. The molecule has 0 aliphatic carbocycles. The number of carbonyl (C=O) groups is 1. The van der Waals surface area contributed by atoms with Crippen LogP contribution >= 0.6 is 22.9 Å². The molecule has 1 saturated heterocycles. The van der Waals surface area contributed by atoms with Gasteiger partial charge in [0.05, 0.1) is 30.3 Å². The van der Waals surface area contributed by atoms with Gasteiger partial charge in [-0.1, -0.05) is 11.6 Å². The zero-order chi connectivity index (χ0) is 16.2. The Morgan fingerprint density at radius 3 is 2.87 bits per heavy atom. The number of thiophene rings is 1. The summed E-state index contributed by atoms with van der Waals surface area (Å²) < 4.78 is 5.26. The van der Waals surface area contributed by atoms with Gasteiger partial charge in [0.1, 0.15) is 5.82 Å². The lowest BCUT2D eigenvalue weighted by Gasteiger charge is -2.26. The number of hydrogen-bond donors (Lipinski definition) is 1. The topological polar surface area (TPSA) is 54.5 Å². The van der Waals surface area contributed by atoms with Crippen molar-refractivity contribution >= 4 is 34.7 Å². The Morgan fingerprint density at radius 1 is 1.43 bits per heavy atom. The zero-order valence-corrected chi connectivity index (χ0v) is 14.4. The lowest BCUT2D eigenvalue weighted by atomic mass is 10.2. The quantitative estimate of drug-likeness (QED) is 0.919. The van der Waals surface area contributed by atoms with Crippen molar-refractivity contribution in [1.29, 1.82) is 0 Å². The van der Waals surface area contributed by atoms with E-state index in [1.807, 2.05) is 0 Å². The second-order valence-electron chi connectivity index (χ2n) is 5.32. The van der Waals surface area contributed by atoms with Crippen LogP contribution in [0.3, 0.4) is 0 Å². The molecule has 0 bridgehead atoms. The van der Waals surface area contributed by atoms with Crippen molar-refractivity contribution in [3.05, 3.63) is 44.7 Å². The minimum atomic E-state index is -0.0527. The van der Waals surface area contributed by atoms with Crippen LogP contribution in [0.4, 0.5) is 5.82 Å². The van der Waals surface area contributed by atoms with Gasteiger partial charge in [-0.3, -0.25) is 4.79 Å². The number of ether oxygens (including phenoxy) is 1. The smallest absolute Gasteiger partial charge is 0.255 e. The molecular weight excluding hydrogens is 334 g/mol. The first-order valence-electron chi connectivity index (χ1n) is 7.45. The normalized spacial score (nSPS) is 14.8. The first-order valence-corrected chi connectivity index (χ1v) is 8.64. The summed E-state index contributed by atoms with van der Waals surface area (Å²) in [5.74, 6) is 0.541. The molecule has 0 radical (unpaired) electrons. The maximum Gasteiger partial charge on any atom is 0.255 e. The highest BCUT2D eigenvalue weighted by atomic mass is 35.5. The molecule has 2 aromatic rings. The molecule has 23 heavy (non-hydrogen) atoms. The number of anilines is 1. The number of morpholine rings is 1. The first kappa shape index (κ1) is 16.2. The van der Waals surface area contributed by atoms with E-state index in [0.717, 1.165) is 0 Å². The molecule has 3 rings (SSSR count). The van der Waals surface area contributed by atoms with E-state index in [1.54, 1.807) is 28.5 Å². The highest BCUT2D eigenvalue weighted by Crippen LogP contribution is 2.23. The predicted octanol–water partition coefficient (Wildman–Crippen LogP) is 3.19. The van der Waals surface area contributed by atoms with Gasteiger partial charge in [-0.05, 0) is 25.1 Å². The van der Waals surface area contributed by atoms with Gasteiger partial charge in [-0.25, -0.2) is 4.98 Å². The van der Waals surface area contributed by atoms with Gasteiger partial charge in [0, 0.05) is 29.0 Å². The van der Waals surface area contributed by atoms with Gasteiger partial charge >= 0.3 is 0 Å². The third-order valence-corrected chi connectivity index (χ3v) is 4.90. The van der Waals surface area contributed by atoms with Crippen molar-refractivity contribution in [2.75, 3.05) is 31.6 Å². The SMILES string of the molecule is Cc1ccc(CNc2ncc(C(=O)N3CCOCC3)cc2Cl)s1. The molecule has 0 unspecified atom stereocenters. The summed E-state index contributed by atoms with van der Waals surface area (Å²) in [4.78, 5) is 20.9. The molecule has 0 aromatic carbocycles. The van der Waals surface area contributed by atoms with Crippen LogP contribution in [-0.2, 0) is 11.3 Å². The fourth-order valence-corrected chi connectivity index (χ4v) is 3.45. The number of hydrogen-bond acceptors (Lipinski definition) is 5. The van der Waals surface area contributed by atoms with Gasteiger partial charge in [0.25, 0.3) is 5.91 Å². The Hall–Kier alpha value is -1.63. The molecular formula is C16H18ClN3O2S. The van der Waals surface area contributed by atoms with Crippen LogP contribution < -0.4 is 5.32 Å². The number of carbonyl (C=O) groups excluding carboxylic acids is 1. The molecule has 5 nitrogen and oxygen atoms in total. The Kier molecular flexibility index (Phi) is 5.15. The third kappa shape index (κ3) is 4.02. The lowest BCUT2D eigenvalue weighted by molar-refractivity contribution is 0.0302. The van der Waals surface area contributed by atoms with E-state index in [1.165, 1.54) is 9.75 Å². The first-order chi connectivity index (χ1) is 11.1. The van der Waals surface area contributed by atoms with Gasteiger partial charge in [-0.2, -0.15) is 0 Å². The van der Waals surface area contributed by atoms with Crippen LogP contribution in [-0.4, -0.2) is 42.1 Å². The van der Waals surface area contributed by atoms with E-state index in [0.29, 0.717) is 49.3 Å². The van der Waals surface area contributed by atoms with Crippen LogP contribution in [0.15, 0.2) is 24.4 Å². The van der Waals surface area contributed by atoms with E-state index in [4.69, 9.17) is 16.3 Å². The summed E-state index contributed by atoms with van der Waals surface area (Å²) in [6.45, 7) is 5.11. The Morgan fingerprint density at radius 2 is 2.22 bits per heavy atom. The monoisotopic (exact) mass is 351 g/mol. The molecule has 1 aliphatic heterocycles. The predicted molar refractivity (Wildman–Crippen MR) is 92.4 cm³/mol. The minimum absolute atomic E-state index is 0.0527. The molecule has 1 amide bonds. The molecule has 7 heteroatoms. The van der Waals surface area contributed by atoms with E-state index < -0.39 is 0 Å². The van der Waals surface area contributed by atoms with Crippen LogP contribution in [0.25, 0.3) is 0 Å².